The van der Waals surface area contributed by atoms with Crippen LogP contribution in [0.2, 0.25) is 0 Å². The smallest absolute Gasteiger partial charge is 0.123 e. The first-order chi connectivity index (χ1) is 8.35. The molecule has 1 unspecified atom stereocenters. The molecule has 0 saturated heterocycles. The molecule has 102 valence electrons. The Morgan fingerprint density at radius 2 is 1.35 bits per heavy atom. The fourth-order valence-electron chi connectivity index (χ4n) is 2.10. The summed E-state index contributed by atoms with van der Waals surface area (Å²) in [6, 6.07) is 0. The number of rotatable bonds is 13. The van der Waals surface area contributed by atoms with E-state index in [0.717, 1.165) is 12.7 Å². The van der Waals surface area contributed by atoms with Crippen LogP contribution >= 0.6 is 12.6 Å². The van der Waals surface area contributed by atoms with Crippen LogP contribution < -0.4 is 0 Å². The molecule has 0 aliphatic carbocycles. The lowest BCUT2D eigenvalue weighted by Gasteiger charge is -2.06. The summed E-state index contributed by atoms with van der Waals surface area (Å²) in [5.41, 5.74) is 0. The van der Waals surface area contributed by atoms with Crippen molar-refractivity contribution >= 4 is 18.9 Å². The minimum atomic E-state index is 0.187. The third-order valence-electron chi connectivity index (χ3n) is 3.36. The van der Waals surface area contributed by atoms with Gasteiger partial charge in [-0.15, -0.1) is 0 Å². The Bertz CT molecular complexity index is 159. The molecule has 0 fully saturated rings. The molecule has 0 amide bonds. The second-order valence-corrected chi connectivity index (χ2v) is 5.41. The van der Waals surface area contributed by atoms with Crippen molar-refractivity contribution in [1.82, 2.24) is 0 Å². The van der Waals surface area contributed by atoms with E-state index in [0.29, 0.717) is 5.75 Å². The van der Waals surface area contributed by atoms with E-state index in [-0.39, 0.29) is 5.92 Å². The van der Waals surface area contributed by atoms with Crippen LogP contribution in [0.15, 0.2) is 0 Å². The highest BCUT2D eigenvalue weighted by Crippen LogP contribution is 2.13. The second kappa shape index (κ2) is 14.1. The topological polar surface area (TPSA) is 17.1 Å². The maximum Gasteiger partial charge on any atom is 0.123 e. The maximum absolute atomic E-state index is 10.6. The van der Waals surface area contributed by atoms with E-state index in [2.05, 4.69) is 19.6 Å². The van der Waals surface area contributed by atoms with Gasteiger partial charge in [0.05, 0.1) is 0 Å². The summed E-state index contributed by atoms with van der Waals surface area (Å²) in [4.78, 5) is 10.6. The van der Waals surface area contributed by atoms with Crippen molar-refractivity contribution in [1.29, 1.82) is 0 Å². The first-order valence-corrected chi connectivity index (χ1v) is 8.04. The molecule has 0 radical (unpaired) electrons. The molecule has 2 heteroatoms. The summed E-state index contributed by atoms with van der Waals surface area (Å²) in [5, 5.41) is 0. The normalized spacial score (nSPS) is 12.6. The molecule has 0 N–H and O–H groups in total. The van der Waals surface area contributed by atoms with Gasteiger partial charge in [0.15, 0.2) is 0 Å². The van der Waals surface area contributed by atoms with E-state index in [1.165, 1.54) is 64.2 Å². The van der Waals surface area contributed by atoms with Gasteiger partial charge in [0, 0.05) is 5.92 Å². The molecule has 0 saturated carbocycles. The van der Waals surface area contributed by atoms with Gasteiger partial charge in [-0.2, -0.15) is 12.6 Å². The average molecular weight is 258 g/mol. The Morgan fingerprint density at radius 3 is 1.76 bits per heavy atom. The molecule has 0 aromatic carbocycles. The number of aldehydes is 1. The van der Waals surface area contributed by atoms with Crippen molar-refractivity contribution in [2.24, 2.45) is 5.92 Å². The van der Waals surface area contributed by atoms with Crippen molar-refractivity contribution in [2.45, 2.75) is 77.6 Å². The van der Waals surface area contributed by atoms with Crippen LogP contribution in [0.4, 0.5) is 0 Å². The summed E-state index contributed by atoms with van der Waals surface area (Å²) >= 11 is 4.16. The zero-order valence-electron chi connectivity index (χ0n) is 11.5. The molecule has 0 rings (SSSR count). The lowest BCUT2D eigenvalue weighted by Crippen LogP contribution is -2.03. The van der Waals surface area contributed by atoms with Crippen molar-refractivity contribution < 1.29 is 4.79 Å². The average Bonchev–Trinajstić information content (AvgIpc) is 2.36. The van der Waals surface area contributed by atoms with Gasteiger partial charge in [0.1, 0.15) is 6.29 Å². The van der Waals surface area contributed by atoms with Crippen molar-refractivity contribution in [3.8, 4) is 0 Å². The number of carbonyl (C=O) groups is 1. The summed E-state index contributed by atoms with van der Waals surface area (Å²) in [7, 11) is 0. The quantitative estimate of drug-likeness (QED) is 0.278. The summed E-state index contributed by atoms with van der Waals surface area (Å²) in [6.45, 7) is 2.26. The number of thiol groups is 1. The predicted molar refractivity (Wildman–Crippen MR) is 79.9 cm³/mol. The first-order valence-electron chi connectivity index (χ1n) is 7.41. The molecule has 17 heavy (non-hydrogen) atoms. The summed E-state index contributed by atoms with van der Waals surface area (Å²) < 4.78 is 0. The molecule has 0 aliphatic heterocycles. The van der Waals surface area contributed by atoms with Crippen molar-refractivity contribution in [3.63, 3.8) is 0 Å². The van der Waals surface area contributed by atoms with Crippen LogP contribution in [-0.2, 0) is 4.79 Å². The van der Waals surface area contributed by atoms with E-state index in [4.69, 9.17) is 0 Å². The monoisotopic (exact) mass is 258 g/mol. The molecular formula is C15H30OS. The molecule has 0 aromatic rings. The Hall–Kier alpha value is 0.0200. The minimum absolute atomic E-state index is 0.187. The van der Waals surface area contributed by atoms with E-state index in [1.807, 2.05) is 0 Å². The number of carbonyl (C=O) groups excluding carboxylic acids is 1. The van der Waals surface area contributed by atoms with E-state index >= 15 is 0 Å². The van der Waals surface area contributed by atoms with Crippen LogP contribution in [0.25, 0.3) is 0 Å². The van der Waals surface area contributed by atoms with Gasteiger partial charge in [-0.25, -0.2) is 0 Å². The Labute approximate surface area is 113 Å². The first kappa shape index (κ1) is 17.0. The highest BCUT2D eigenvalue weighted by Gasteiger charge is 2.03. The lowest BCUT2D eigenvalue weighted by atomic mass is 10.0. The molecule has 1 nitrogen and oxygen atoms in total. The Kier molecular flexibility index (Phi) is 14.1. The number of unbranched alkanes of at least 4 members (excludes halogenated alkanes) is 9. The number of hydrogen-bond donors (Lipinski definition) is 1. The second-order valence-electron chi connectivity index (χ2n) is 5.05. The lowest BCUT2D eigenvalue weighted by molar-refractivity contribution is -0.110. The largest absolute Gasteiger partial charge is 0.303 e. The van der Waals surface area contributed by atoms with Crippen LogP contribution in [0.1, 0.15) is 77.6 Å². The van der Waals surface area contributed by atoms with E-state index in [9.17, 15) is 4.79 Å². The zero-order valence-corrected chi connectivity index (χ0v) is 12.4. The molecule has 0 spiro atoms. The molecule has 0 heterocycles. The van der Waals surface area contributed by atoms with Gasteiger partial charge in [0.25, 0.3) is 0 Å². The highest BCUT2D eigenvalue weighted by atomic mass is 32.1. The minimum Gasteiger partial charge on any atom is -0.303 e. The van der Waals surface area contributed by atoms with Gasteiger partial charge >= 0.3 is 0 Å². The van der Waals surface area contributed by atoms with E-state index < -0.39 is 0 Å². The fraction of sp³-hybridized carbons (Fsp3) is 0.933. The molecule has 1 atom stereocenters. The van der Waals surface area contributed by atoms with Crippen LogP contribution in [0.5, 0.6) is 0 Å². The van der Waals surface area contributed by atoms with Crippen LogP contribution in [0, 0.1) is 5.92 Å². The SMILES string of the molecule is CCCCCCCCCCCCC(C=O)CS. The van der Waals surface area contributed by atoms with Crippen LogP contribution in [-0.4, -0.2) is 12.0 Å². The molecule has 0 aliphatic rings. The molecule has 0 bridgehead atoms. The summed E-state index contributed by atoms with van der Waals surface area (Å²) in [6.07, 6.45) is 15.7. The molecule has 0 aromatic heterocycles. The van der Waals surface area contributed by atoms with E-state index in [1.54, 1.807) is 0 Å². The van der Waals surface area contributed by atoms with Gasteiger partial charge in [-0.05, 0) is 12.2 Å². The molecular weight excluding hydrogens is 228 g/mol. The summed E-state index contributed by atoms with van der Waals surface area (Å²) in [5.74, 6) is 0.897. The Balaban J connectivity index is 3.05. The standard InChI is InChI=1S/C15H30OS/c1-2-3-4-5-6-7-8-9-10-11-12-15(13-16)14-17/h13,15,17H,2-12,14H2,1H3. The van der Waals surface area contributed by atoms with Gasteiger partial charge in [-0.1, -0.05) is 71.1 Å². The predicted octanol–water partition coefficient (Wildman–Crippen LogP) is 5.04. The third kappa shape index (κ3) is 12.3. The van der Waals surface area contributed by atoms with Crippen LogP contribution in [0.3, 0.4) is 0 Å². The van der Waals surface area contributed by atoms with Gasteiger partial charge in [0.2, 0.25) is 0 Å². The van der Waals surface area contributed by atoms with Gasteiger partial charge < -0.3 is 4.79 Å². The maximum atomic E-state index is 10.6. The highest BCUT2D eigenvalue weighted by molar-refractivity contribution is 7.80. The number of hydrogen-bond acceptors (Lipinski definition) is 2. The third-order valence-corrected chi connectivity index (χ3v) is 3.82. The van der Waals surface area contributed by atoms with Crippen molar-refractivity contribution in [2.75, 3.05) is 5.75 Å². The van der Waals surface area contributed by atoms with Crippen molar-refractivity contribution in [3.05, 3.63) is 0 Å². The Morgan fingerprint density at radius 1 is 0.882 bits per heavy atom. The van der Waals surface area contributed by atoms with Gasteiger partial charge in [-0.3, -0.25) is 0 Å². The fourth-order valence-corrected chi connectivity index (χ4v) is 2.36. The zero-order chi connectivity index (χ0) is 12.8.